The number of aliphatic hydroxyl groups is 1. The molecule has 0 spiro atoms. The molecule has 1 N–H and O–H groups in total. The number of rotatable bonds is 4. The monoisotopic (exact) mass is 273 g/mol. The normalized spacial score (nSPS) is 17.9. The second-order valence-electron chi connectivity index (χ2n) is 5.45. The van der Waals surface area contributed by atoms with Crippen molar-refractivity contribution in [3.8, 4) is 0 Å². The molecule has 1 aliphatic heterocycles. The summed E-state index contributed by atoms with van der Waals surface area (Å²) in [5.41, 5.74) is 3.18. The molecule has 0 bridgehead atoms. The second kappa shape index (κ2) is 5.30. The van der Waals surface area contributed by atoms with E-state index in [4.69, 9.17) is 0 Å². The summed E-state index contributed by atoms with van der Waals surface area (Å²) < 4.78 is 1.86. The standard InChI is InChI=1S/C14H19N5O/c1-10-3-4-15-5-12(10)6-18-7-13(8-18)19-9-14(11(2)20)16-17-19/h3-5,9,11,13,20H,6-8H2,1-2H3. The average molecular weight is 273 g/mol. The highest BCUT2D eigenvalue weighted by Crippen LogP contribution is 2.23. The largest absolute Gasteiger partial charge is 0.387 e. The van der Waals surface area contributed by atoms with Crippen molar-refractivity contribution in [3.63, 3.8) is 0 Å². The fourth-order valence-corrected chi connectivity index (χ4v) is 2.40. The van der Waals surface area contributed by atoms with Gasteiger partial charge in [0.15, 0.2) is 0 Å². The molecule has 1 atom stereocenters. The van der Waals surface area contributed by atoms with Crippen molar-refractivity contribution in [2.75, 3.05) is 13.1 Å². The van der Waals surface area contributed by atoms with E-state index in [0.717, 1.165) is 19.6 Å². The maximum Gasteiger partial charge on any atom is 0.111 e. The molecule has 0 amide bonds. The zero-order valence-electron chi connectivity index (χ0n) is 11.8. The van der Waals surface area contributed by atoms with Crippen LogP contribution in [0.25, 0.3) is 0 Å². The van der Waals surface area contributed by atoms with Crippen LogP contribution >= 0.6 is 0 Å². The Bertz CT molecular complexity index is 589. The molecule has 0 saturated carbocycles. The summed E-state index contributed by atoms with van der Waals surface area (Å²) >= 11 is 0. The highest BCUT2D eigenvalue weighted by molar-refractivity contribution is 5.21. The van der Waals surface area contributed by atoms with Crippen LogP contribution in [0.3, 0.4) is 0 Å². The molecular formula is C14H19N5O. The second-order valence-corrected chi connectivity index (χ2v) is 5.45. The molecule has 20 heavy (non-hydrogen) atoms. The minimum absolute atomic E-state index is 0.354. The SMILES string of the molecule is Cc1ccncc1CN1CC(n2cc(C(C)O)nn2)C1. The Morgan fingerprint density at radius 2 is 2.25 bits per heavy atom. The Morgan fingerprint density at radius 1 is 1.45 bits per heavy atom. The van der Waals surface area contributed by atoms with Crippen LogP contribution < -0.4 is 0 Å². The van der Waals surface area contributed by atoms with E-state index in [1.54, 1.807) is 6.92 Å². The first-order valence-corrected chi connectivity index (χ1v) is 6.85. The third-order valence-corrected chi connectivity index (χ3v) is 3.81. The summed E-state index contributed by atoms with van der Waals surface area (Å²) in [4.78, 5) is 6.53. The van der Waals surface area contributed by atoms with Gasteiger partial charge in [-0.05, 0) is 31.0 Å². The fraction of sp³-hybridized carbons (Fsp3) is 0.500. The molecule has 2 aromatic rings. The van der Waals surface area contributed by atoms with Gasteiger partial charge in [-0.2, -0.15) is 0 Å². The van der Waals surface area contributed by atoms with Gasteiger partial charge in [0.2, 0.25) is 0 Å². The third-order valence-electron chi connectivity index (χ3n) is 3.81. The highest BCUT2D eigenvalue weighted by Gasteiger charge is 2.29. The number of aliphatic hydroxyl groups excluding tert-OH is 1. The van der Waals surface area contributed by atoms with E-state index >= 15 is 0 Å². The third kappa shape index (κ3) is 2.57. The summed E-state index contributed by atoms with van der Waals surface area (Å²) in [5.74, 6) is 0. The van der Waals surface area contributed by atoms with Crippen molar-refractivity contribution in [2.45, 2.75) is 32.5 Å². The lowest BCUT2D eigenvalue weighted by atomic mass is 10.1. The lowest BCUT2D eigenvalue weighted by molar-refractivity contribution is 0.0892. The molecule has 0 radical (unpaired) electrons. The van der Waals surface area contributed by atoms with Gasteiger partial charge in [-0.25, -0.2) is 4.68 Å². The Balaban J connectivity index is 1.57. The van der Waals surface area contributed by atoms with Crippen molar-refractivity contribution in [3.05, 3.63) is 41.5 Å². The molecule has 0 aliphatic carbocycles. The van der Waals surface area contributed by atoms with Crippen LogP contribution in [-0.4, -0.2) is 43.1 Å². The lowest BCUT2D eigenvalue weighted by Crippen LogP contribution is -2.47. The number of pyridine rings is 1. The first kappa shape index (κ1) is 13.2. The van der Waals surface area contributed by atoms with Gasteiger partial charge in [-0.3, -0.25) is 9.88 Å². The number of hydrogen-bond acceptors (Lipinski definition) is 5. The van der Waals surface area contributed by atoms with Crippen LogP contribution in [0.15, 0.2) is 24.7 Å². The van der Waals surface area contributed by atoms with E-state index in [2.05, 4.69) is 27.1 Å². The maximum absolute atomic E-state index is 9.45. The molecule has 1 unspecified atom stereocenters. The van der Waals surface area contributed by atoms with Crippen LogP contribution in [0.2, 0.25) is 0 Å². The van der Waals surface area contributed by atoms with Crippen LogP contribution in [-0.2, 0) is 6.54 Å². The number of likely N-dealkylation sites (tertiary alicyclic amines) is 1. The van der Waals surface area contributed by atoms with Crippen molar-refractivity contribution >= 4 is 0 Å². The highest BCUT2D eigenvalue weighted by atomic mass is 16.3. The minimum atomic E-state index is -0.557. The Kier molecular flexibility index (Phi) is 3.50. The average Bonchev–Trinajstić information content (AvgIpc) is 2.84. The number of nitrogens with zero attached hydrogens (tertiary/aromatic N) is 5. The molecule has 3 rings (SSSR count). The van der Waals surface area contributed by atoms with E-state index in [1.807, 2.05) is 29.3 Å². The van der Waals surface area contributed by atoms with E-state index in [-0.39, 0.29) is 0 Å². The number of aromatic nitrogens is 4. The molecule has 3 heterocycles. The molecular weight excluding hydrogens is 254 g/mol. The van der Waals surface area contributed by atoms with Gasteiger partial charge in [0.25, 0.3) is 0 Å². The van der Waals surface area contributed by atoms with Gasteiger partial charge in [0, 0.05) is 32.0 Å². The number of aryl methyl sites for hydroxylation is 1. The van der Waals surface area contributed by atoms with Gasteiger partial charge >= 0.3 is 0 Å². The summed E-state index contributed by atoms with van der Waals surface area (Å²) in [6.45, 7) is 6.65. The van der Waals surface area contributed by atoms with Crippen LogP contribution in [0.4, 0.5) is 0 Å². The molecule has 6 heteroatoms. The fourth-order valence-electron chi connectivity index (χ4n) is 2.40. The van der Waals surface area contributed by atoms with Crippen molar-refractivity contribution in [1.29, 1.82) is 0 Å². The zero-order chi connectivity index (χ0) is 14.1. The predicted molar refractivity (Wildman–Crippen MR) is 73.9 cm³/mol. The van der Waals surface area contributed by atoms with E-state index in [0.29, 0.717) is 11.7 Å². The van der Waals surface area contributed by atoms with E-state index < -0.39 is 6.10 Å². The van der Waals surface area contributed by atoms with Crippen LogP contribution in [0.5, 0.6) is 0 Å². The predicted octanol–water partition coefficient (Wildman–Crippen LogP) is 1.09. The van der Waals surface area contributed by atoms with Gasteiger partial charge in [-0.1, -0.05) is 5.21 Å². The first-order valence-electron chi connectivity index (χ1n) is 6.85. The Hall–Kier alpha value is -1.79. The smallest absolute Gasteiger partial charge is 0.111 e. The summed E-state index contributed by atoms with van der Waals surface area (Å²) in [7, 11) is 0. The summed E-state index contributed by atoms with van der Waals surface area (Å²) in [6.07, 6.45) is 5.04. The van der Waals surface area contributed by atoms with E-state index in [1.165, 1.54) is 11.1 Å². The molecule has 1 saturated heterocycles. The molecule has 1 aliphatic rings. The topological polar surface area (TPSA) is 67.1 Å². The minimum Gasteiger partial charge on any atom is -0.387 e. The van der Waals surface area contributed by atoms with Gasteiger partial charge in [0.1, 0.15) is 5.69 Å². The van der Waals surface area contributed by atoms with Crippen molar-refractivity contribution in [1.82, 2.24) is 24.9 Å². The van der Waals surface area contributed by atoms with Crippen LogP contribution in [0, 0.1) is 6.92 Å². The van der Waals surface area contributed by atoms with Crippen LogP contribution in [0.1, 0.15) is 35.9 Å². The van der Waals surface area contributed by atoms with Gasteiger partial charge in [0.05, 0.1) is 18.3 Å². The zero-order valence-corrected chi connectivity index (χ0v) is 11.8. The van der Waals surface area contributed by atoms with Gasteiger partial charge in [-0.15, -0.1) is 5.10 Å². The van der Waals surface area contributed by atoms with E-state index in [9.17, 15) is 5.11 Å². The molecule has 0 aromatic carbocycles. The molecule has 6 nitrogen and oxygen atoms in total. The van der Waals surface area contributed by atoms with Crippen molar-refractivity contribution < 1.29 is 5.11 Å². The van der Waals surface area contributed by atoms with Crippen molar-refractivity contribution in [2.24, 2.45) is 0 Å². The molecule has 106 valence electrons. The number of hydrogen-bond donors (Lipinski definition) is 1. The first-order chi connectivity index (χ1) is 9.63. The molecule has 1 fully saturated rings. The Labute approximate surface area is 118 Å². The molecule has 2 aromatic heterocycles. The maximum atomic E-state index is 9.45. The lowest BCUT2D eigenvalue weighted by Gasteiger charge is -2.39. The van der Waals surface area contributed by atoms with Gasteiger partial charge < -0.3 is 5.11 Å². The quantitative estimate of drug-likeness (QED) is 0.903. The Morgan fingerprint density at radius 3 is 2.90 bits per heavy atom. The summed E-state index contributed by atoms with van der Waals surface area (Å²) in [6, 6.07) is 2.39. The summed E-state index contributed by atoms with van der Waals surface area (Å²) in [5, 5.41) is 17.5.